The van der Waals surface area contributed by atoms with E-state index in [4.69, 9.17) is 4.74 Å². The summed E-state index contributed by atoms with van der Waals surface area (Å²) in [6.45, 7) is 3.41. The highest BCUT2D eigenvalue weighted by atomic mass is 16.5. The van der Waals surface area contributed by atoms with E-state index in [2.05, 4.69) is 12.2 Å². The molecule has 0 bridgehead atoms. The molecular weight excluding hydrogens is 190 g/mol. The van der Waals surface area contributed by atoms with E-state index < -0.39 is 0 Å². The van der Waals surface area contributed by atoms with Crippen LogP contribution in [0.4, 0.5) is 0 Å². The van der Waals surface area contributed by atoms with Gasteiger partial charge in [0.1, 0.15) is 0 Å². The third kappa shape index (κ3) is 2.92. The van der Waals surface area contributed by atoms with Crippen LogP contribution >= 0.6 is 0 Å². The van der Waals surface area contributed by atoms with Crippen molar-refractivity contribution in [3.63, 3.8) is 0 Å². The van der Waals surface area contributed by atoms with Gasteiger partial charge in [0.2, 0.25) is 0 Å². The van der Waals surface area contributed by atoms with Gasteiger partial charge >= 0.3 is 0 Å². The Labute approximate surface area is 92.2 Å². The number of hydrogen-bond donors (Lipinski definition) is 2. The molecule has 1 saturated carbocycles. The van der Waals surface area contributed by atoms with Gasteiger partial charge in [0.15, 0.2) is 0 Å². The summed E-state index contributed by atoms with van der Waals surface area (Å²) in [5, 5.41) is 13.2. The molecule has 2 unspecified atom stereocenters. The zero-order valence-electron chi connectivity index (χ0n) is 9.61. The molecule has 1 aliphatic heterocycles. The van der Waals surface area contributed by atoms with Gasteiger partial charge in [-0.2, -0.15) is 0 Å². The molecule has 0 aromatic carbocycles. The van der Waals surface area contributed by atoms with Crippen LogP contribution in [0.5, 0.6) is 0 Å². The van der Waals surface area contributed by atoms with Gasteiger partial charge < -0.3 is 15.2 Å². The first-order valence-electron chi connectivity index (χ1n) is 6.29. The van der Waals surface area contributed by atoms with Crippen molar-refractivity contribution in [3.8, 4) is 0 Å². The Kier molecular flexibility index (Phi) is 4.00. The Balaban J connectivity index is 1.77. The van der Waals surface area contributed by atoms with Crippen LogP contribution < -0.4 is 5.32 Å². The average Bonchev–Trinajstić information content (AvgIpc) is 2.66. The largest absolute Gasteiger partial charge is 0.389 e. The number of ether oxygens (including phenoxy) is 1. The average molecular weight is 213 g/mol. The summed E-state index contributed by atoms with van der Waals surface area (Å²) in [5.74, 6) is 0.798. The normalized spacial score (nSPS) is 35.6. The van der Waals surface area contributed by atoms with Crippen LogP contribution in [0.1, 0.15) is 39.0 Å². The maximum atomic E-state index is 9.65. The molecule has 88 valence electrons. The standard InChI is InChI=1S/C12H23NO2/c1-9(10-5-3-2-4-6-10)13-11-7-15-8-12(11)14/h9-14H,2-8H2,1H3/t9-,11?,12?/m0/s1. The Hall–Kier alpha value is -0.120. The second-order valence-corrected chi connectivity index (χ2v) is 5.06. The first-order valence-corrected chi connectivity index (χ1v) is 6.29. The molecule has 2 aliphatic rings. The highest BCUT2D eigenvalue weighted by Gasteiger charge is 2.29. The van der Waals surface area contributed by atoms with E-state index in [1.54, 1.807) is 0 Å². The number of nitrogens with one attached hydrogen (secondary N) is 1. The molecule has 3 nitrogen and oxygen atoms in total. The molecule has 15 heavy (non-hydrogen) atoms. The Morgan fingerprint density at radius 3 is 2.53 bits per heavy atom. The van der Waals surface area contributed by atoms with Crippen molar-refractivity contribution >= 4 is 0 Å². The third-order valence-corrected chi connectivity index (χ3v) is 3.88. The third-order valence-electron chi connectivity index (χ3n) is 3.88. The molecular formula is C12H23NO2. The van der Waals surface area contributed by atoms with Crippen LogP contribution in [0.2, 0.25) is 0 Å². The topological polar surface area (TPSA) is 41.5 Å². The van der Waals surface area contributed by atoms with E-state index in [9.17, 15) is 5.11 Å². The molecule has 1 aliphatic carbocycles. The summed E-state index contributed by atoms with van der Waals surface area (Å²) in [6, 6.07) is 0.675. The van der Waals surface area contributed by atoms with Gasteiger partial charge in [-0.05, 0) is 25.7 Å². The quantitative estimate of drug-likeness (QED) is 0.742. The minimum absolute atomic E-state index is 0.155. The van der Waals surface area contributed by atoms with Gasteiger partial charge in [0, 0.05) is 6.04 Å². The van der Waals surface area contributed by atoms with Gasteiger partial charge in [-0.1, -0.05) is 19.3 Å². The predicted molar refractivity (Wildman–Crippen MR) is 59.8 cm³/mol. The number of rotatable bonds is 3. The second kappa shape index (κ2) is 5.28. The molecule has 0 aromatic heterocycles. The van der Waals surface area contributed by atoms with Crippen LogP contribution in [-0.2, 0) is 4.74 Å². The smallest absolute Gasteiger partial charge is 0.0948 e. The van der Waals surface area contributed by atoms with Gasteiger partial charge in [-0.3, -0.25) is 0 Å². The monoisotopic (exact) mass is 213 g/mol. The van der Waals surface area contributed by atoms with E-state index in [1.807, 2.05) is 0 Å². The zero-order chi connectivity index (χ0) is 10.7. The lowest BCUT2D eigenvalue weighted by Crippen LogP contribution is -2.47. The van der Waals surface area contributed by atoms with Gasteiger partial charge in [0.05, 0.1) is 25.4 Å². The molecule has 1 saturated heterocycles. The van der Waals surface area contributed by atoms with Crippen molar-refractivity contribution in [1.82, 2.24) is 5.32 Å². The summed E-state index contributed by atoms with van der Waals surface area (Å²) in [4.78, 5) is 0. The second-order valence-electron chi connectivity index (χ2n) is 5.06. The summed E-state index contributed by atoms with van der Waals surface area (Å²) in [6.07, 6.45) is 6.53. The molecule has 0 amide bonds. The summed E-state index contributed by atoms with van der Waals surface area (Å²) in [7, 11) is 0. The molecule has 0 spiro atoms. The van der Waals surface area contributed by atoms with E-state index in [0.29, 0.717) is 19.3 Å². The Morgan fingerprint density at radius 2 is 1.93 bits per heavy atom. The van der Waals surface area contributed by atoms with Crippen molar-refractivity contribution in [1.29, 1.82) is 0 Å². The summed E-state index contributed by atoms with van der Waals surface area (Å²) < 4.78 is 5.25. The van der Waals surface area contributed by atoms with Crippen molar-refractivity contribution in [2.24, 2.45) is 5.92 Å². The summed E-state index contributed by atoms with van der Waals surface area (Å²) >= 11 is 0. The lowest BCUT2D eigenvalue weighted by molar-refractivity contribution is 0.119. The minimum atomic E-state index is -0.309. The maximum Gasteiger partial charge on any atom is 0.0948 e. The van der Waals surface area contributed by atoms with Crippen molar-refractivity contribution in [3.05, 3.63) is 0 Å². The fraction of sp³-hybridized carbons (Fsp3) is 1.00. The van der Waals surface area contributed by atoms with Crippen LogP contribution in [0.15, 0.2) is 0 Å². The van der Waals surface area contributed by atoms with E-state index in [0.717, 1.165) is 5.92 Å². The molecule has 2 N–H and O–H groups in total. The maximum absolute atomic E-state index is 9.65. The SMILES string of the molecule is C[C@H](NC1COCC1O)C1CCCCC1. The Morgan fingerprint density at radius 1 is 1.20 bits per heavy atom. The van der Waals surface area contributed by atoms with E-state index in [-0.39, 0.29) is 12.1 Å². The molecule has 3 heteroatoms. The highest BCUT2D eigenvalue weighted by Crippen LogP contribution is 2.26. The summed E-state index contributed by atoms with van der Waals surface area (Å²) in [5.41, 5.74) is 0. The fourth-order valence-corrected chi connectivity index (χ4v) is 2.81. The van der Waals surface area contributed by atoms with Gasteiger partial charge in [-0.15, -0.1) is 0 Å². The van der Waals surface area contributed by atoms with Crippen LogP contribution in [0.25, 0.3) is 0 Å². The molecule has 3 atom stereocenters. The molecule has 2 rings (SSSR count). The first kappa shape index (κ1) is 11.4. The van der Waals surface area contributed by atoms with Gasteiger partial charge in [-0.25, -0.2) is 0 Å². The molecule has 2 fully saturated rings. The molecule has 0 radical (unpaired) electrons. The van der Waals surface area contributed by atoms with Crippen LogP contribution in [0.3, 0.4) is 0 Å². The highest BCUT2D eigenvalue weighted by molar-refractivity contribution is 4.85. The van der Waals surface area contributed by atoms with Crippen molar-refractivity contribution in [2.75, 3.05) is 13.2 Å². The molecule has 0 aromatic rings. The van der Waals surface area contributed by atoms with Crippen molar-refractivity contribution < 1.29 is 9.84 Å². The predicted octanol–water partition coefficient (Wildman–Crippen LogP) is 1.30. The lowest BCUT2D eigenvalue weighted by atomic mass is 9.84. The fourth-order valence-electron chi connectivity index (χ4n) is 2.81. The van der Waals surface area contributed by atoms with Crippen LogP contribution in [-0.4, -0.2) is 36.5 Å². The number of aliphatic hydroxyl groups is 1. The molecule has 1 heterocycles. The number of aliphatic hydroxyl groups excluding tert-OH is 1. The van der Waals surface area contributed by atoms with Crippen molar-refractivity contribution in [2.45, 2.75) is 57.2 Å². The lowest BCUT2D eigenvalue weighted by Gasteiger charge is -2.31. The van der Waals surface area contributed by atoms with E-state index >= 15 is 0 Å². The number of hydrogen-bond acceptors (Lipinski definition) is 3. The van der Waals surface area contributed by atoms with Gasteiger partial charge in [0.25, 0.3) is 0 Å². The zero-order valence-corrected chi connectivity index (χ0v) is 9.61. The minimum Gasteiger partial charge on any atom is -0.389 e. The Bertz CT molecular complexity index is 192. The van der Waals surface area contributed by atoms with Crippen LogP contribution in [0, 0.1) is 5.92 Å². The van der Waals surface area contributed by atoms with E-state index in [1.165, 1.54) is 32.1 Å². The first-order chi connectivity index (χ1) is 7.27.